The molecule has 3 atom stereocenters. The molecule has 0 saturated heterocycles. The second-order valence-electron chi connectivity index (χ2n) is 7.58. The fourth-order valence-corrected chi connectivity index (χ4v) is 3.15. The van der Waals surface area contributed by atoms with Gasteiger partial charge < -0.3 is 9.47 Å². The first-order valence-electron chi connectivity index (χ1n) is 9.50. The third-order valence-electron chi connectivity index (χ3n) is 5.07. The van der Waals surface area contributed by atoms with Crippen molar-refractivity contribution in [3.63, 3.8) is 0 Å². The molecule has 0 aromatic carbocycles. The van der Waals surface area contributed by atoms with E-state index >= 15 is 0 Å². The van der Waals surface area contributed by atoms with Crippen molar-refractivity contribution < 1.29 is 19.1 Å². The van der Waals surface area contributed by atoms with Crippen molar-refractivity contribution in [3.05, 3.63) is 34.9 Å². The highest BCUT2D eigenvalue weighted by Gasteiger charge is 2.28. The zero-order valence-corrected chi connectivity index (χ0v) is 17.3. The van der Waals surface area contributed by atoms with Crippen LogP contribution in [-0.4, -0.2) is 24.1 Å². The Balaban J connectivity index is 3.22. The van der Waals surface area contributed by atoms with E-state index in [2.05, 4.69) is 26.8 Å². The van der Waals surface area contributed by atoms with Gasteiger partial charge in [-0.3, -0.25) is 4.79 Å². The molecule has 0 unspecified atom stereocenters. The molecule has 26 heavy (non-hydrogen) atoms. The number of hydrogen-bond acceptors (Lipinski definition) is 4. The molecular weight excluding hydrogens is 328 g/mol. The molecule has 0 spiro atoms. The molecule has 1 aliphatic rings. The highest BCUT2D eigenvalue weighted by Crippen LogP contribution is 2.30. The molecule has 0 amide bonds. The minimum Gasteiger partial charge on any atom is -0.458 e. The zero-order chi connectivity index (χ0) is 19.9. The van der Waals surface area contributed by atoms with Crippen LogP contribution in [0.4, 0.5) is 0 Å². The highest BCUT2D eigenvalue weighted by molar-refractivity contribution is 5.87. The summed E-state index contributed by atoms with van der Waals surface area (Å²) < 4.78 is 11.4. The number of hydrogen-bond donors (Lipinski definition) is 0. The van der Waals surface area contributed by atoms with Gasteiger partial charge in [0.2, 0.25) is 0 Å². The number of ether oxygens (including phenoxy) is 2. The maximum Gasteiger partial charge on any atom is 0.333 e. The number of allylic oxidation sites excluding steroid dienone is 2. The van der Waals surface area contributed by atoms with E-state index in [1.165, 1.54) is 12.5 Å². The topological polar surface area (TPSA) is 52.6 Å². The number of esters is 2. The summed E-state index contributed by atoms with van der Waals surface area (Å²) in [5.74, 6) is 0.0101. The Morgan fingerprint density at radius 2 is 1.85 bits per heavy atom. The van der Waals surface area contributed by atoms with Gasteiger partial charge in [0.15, 0.2) is 0 Å². The molecule has 0 radical (unpaired) electrons. The molecule has 0 N–H and O–H groups in total. The monoisotopic (exact) mass is 362 g/mol. The van der Waals surface area contributed by atoms with Crippen LogP contribution in [0.1, 0.15) is 67.7 Å². The first-order chi connectivity index (χ1) is 12.1. The van der Waals surface area contributed by atoms with Gasteiger partial charge in [0, 0.05) is 24.8 Å². The van der Waals surface area contributed by atoms with Crippen LogP contribution in [0.3, 0.4) is 0 Å². The van der Waals surface area contributed by atoms with Gasteiger partial charge in [0.05, 0.1) is 0 Å². The SMILES string of the molecule is C/C=C(/C)C(=O)O[C@H]1C/C=C(\C)CC[C@@H](C(C)C)[C@@H](OC(C)=O)C=C1C. The Labute approximate surface area is 158 Å². The summed E-state index contributed by atoms with van der Waals surface area (Å²) in [5, 5.41) is 0. The van der Waals surface area contributed by atoms with Crippen molar-refractivity contribution in [3.8, 4) is 0 Å². The molecule has 0 saturated carbocycles. The molecule has 4 heteroatoms. The van der Waals surface area contributed by atoms with Crippen molar-refractivity contribution in [2.24, 2.45) is 11.8 Å². The third kappa shape index (κ3) is 6.81. The quantitative estimate of drug-likeness (QED) is 0.394. The van der Waals surface area contributed by atoms with Crippen molar-refractivity contribution in [2.75, 3.05) is 0 Å². The van der Waals surface area contributed by atoms with Gasteiger partial charge in [0.25, 0.3) is 0 Å². The number of carbonyl (C=O) groups is 2. The predicted octanol–water partition coefficient (Wildman–Crippen LogP) is 5.14. The van der Waals surface area contributed by atoms with Gasteiger partial charge >= 0.3 is 11.9 Å². The summed E-state index contributed by atoms with van der Waals surface area (Å²) in [6.07, 6.45) is 7.77. The van der Waals surface area contributed by atoms with Crippen LogP contribution in [-0.2, 0) is 19.1 Å². The Kier molecular flexibility index (Phi) is 8.83. The van der Waals surface area contributed by atoms with E-state index in [-0.39, 0.29) is 30.1 Å². The fourth-order valence-electron chi connectivity index (χ4n) is 3.15. The molecule has 0 aromatic heterocycles. The van der Waals surface area contributed by atoms with E-state index in [4.69, 9.17) is 9.47 Å². The lowest BCUT2D eigenvalue weighted by Gasteiger charge is -2.30. The van der Waals surface area contributed by atoms with Crippen molar-refractivity contribution in [1.29, 1.82) is 0 Å². The third-order valence-corrected chi connectivity index (χ3v) is 5.07. The molecular formula is C22H34O4. The van der Waals surface area contributed by atoms with Gasteiger partial charge in [-0.15, -0.1) is 0 Å². The average Bonchev–Trinajstić information content (AvgIpc) is 2.55. The van der Waals surface area contributed by atoms with E-state index < -0.39 is 0 Å². The first-order valence-corrected chi connectivity index (χ1v) is 9.50. The smallest absolute Gasteiger partial charge is 0.333 e. The summed E-state index contributed by atoms with van der Waals surface area (Å²) in [6.45, 7) is 13.4. The van der Waals surface area contributed by atoms with Crippen molar-refractivity contribution >= 4 is 11.9 Å². The van der Waals surface area contributed by atoms with Gasteiger partial charge in [-0.1, -0.05) is 31.6 Å². The molecule has 0 heterocycles. The summed E-state index contributed by atoms with van der Waals surface area (Å²) in [4.78, 5) is 23.9. The van der Waals surface area contributed by atoms with Crippen LogP contribution in [0.5, 0.6) is 0 Å². The second-order valence-corrected chi connectivity index (χ2v) is 7.58. The van der Waals surface area contributed by atoms with Crippen LogP contribution in [0.2, 0.25) is 0 Å². The lowest BCUT2D eigenvalue weighted by Crippen LogP contribution is -2.30. The molecule has 0 aromatic rings. The summed E-state index contributed by atoms with van der Waals surface area (Å²) in [5.41, 5.74) is 2.79. The van der Waals surface area contributed by atoms with E-state index in [1.54, 1.807) is 13.0 Å². The van der Waals surface area contributed by atoms with Crippen molar-refractivity contribution in [1.82, 2.24) is 0 Å². The van der Waals surface area contributed by atoms with Crippen molar-refractivity contribution in [2.45, 2.75) is 79.9 Å². The number of carbonyl (C=O) groups excluding carboxylic acids is 2. The van der Waals surface area contributed by atoms with Crippen LogP contribution < -0.4 is 0 Å². The predicted molar refractivity (Wildman–Crippen MR) is 105 cm³/mol. The van der Waals surface area contributed by atoms with Crippen LogP contribution in [0, 0.1) is 11.8 Å². The summed E-state index contributed by atoms with van der Waals surface area (Å²) >= 11 is 0. The average molecular weight is 363 g/mol. The van der Waals surface area contributed by atoms with Crippen LogP contribution >= 0.6 is 0 Å². The normalized spacial score (nSPS) is 27.2. The maximum absolute atomic E-state index is 12.2. The van der Waals surface area contributed by atoms with E-state index in [0.29, 0.717) is 17.9 Å². The van der Waals surface area contributed by atoms with Gasteiger partial charge in [-0.25, -0.2) is 4.79 Å². The first kappa shape index (κ1) is 22.2. The van der Waals surface area contributed by atoms with Crippen LogP contribution in [0.25, 0.3) is 0 Å². The Bertz CT molecular complexity index is 595. The molecule has 0 bridgehead atoms. The summed E-state index contributed by atoms with van der Waals surface area (Å²) in [7, 11) is 0. The Hall–Kier alpha value is -1.84. The fraction of sp³-hybridized carbons (Fsp3) is 0.636. The van der Waals surface area contributed by atoms with Gasteiger partial charge in [0.1, 0.15) is 12.2 Å². The largest absolute Gasteiger partial charge is 0.458 e. The minimum atomic E-state index is -0.351. The van der Waals surface area contributed by atoms with E-state index in [0.717, 1.165) is 18.4 Å². The standard InChI is InChI=1S/C22H34O4/c1-8-16(5)22(24)26-20-12-10-15(4)9-11-19(14(2)3)21(13-17(20)6)25-18(7)23/h8,10,13-14,19-21H,9,11-12H2,1-7H3/b15-10+,16-8-,17-13?/t19-,20-,21-/m0/s1. The number of rotatable bonds is 4. The van der Waals surface area contributed by atoms with E-state index in [9.17, 15) is 9.59 Å². The van der Waals surface area contributed by atoms with Crippen LogP contribution in [0.15, 0.2) is 34.9 Å². The Morgan fingerprint density at radius 1 is 1.19 bits per heavy atom. The minimum absolute atomic E-state index is 0.226. The summed E-state index contributed by atoms with van der Waals surface area (Å²) in [6, 6.07) is 0. The second kappa shape index (κ2) is 10.3. The van der Waals surface area contributed by atoms with Gasteiger partial charge in [-0.05, 0) is 58.1 Å². The lowest BCUT2D eigenvalue weighted by molar-refractivity contribution is -0.147. The maximum atomic E-state index is 12.2. The molecule has 0 fully saturated rings. The highest BCUT2D eigenvalue weighted by atomic mass is 16.5. The molecule has 1 rings (SSSR count). The lowest BCUT2D eigenvalue weighted by atomic mass is 9.83. The molecule has 146 valence electrons. The zero-order valence-electron chi connectivity index (χ0n) is 17.3. The molecule has 1 aliphatic carbocycles. The van der Waals surface area contributed by atoms with Gasteiger partial charge in [-0.2, -0.15) is 0 Å². The van der Waals surface area contributed by atoms with E-state index in [1.807, 2.05) is 19.9 Å². The molecule has 4 nitrogen and oxygen atoms in total. The Morgan fingerprint density at radius 3 is 2.38 bits per heavy atom. The molecule has 0 aliphatic heterocycles.